The fourth-order valence-corrected chi connectivity index (χ4v) is 4.65. The van der Waals surface area contributed by atoms with Gasteiger partial charge in [0, 0.05) is 26.7 Å². The quantitative estimate of drug-likeness (QED) is 0.535. The Morgan fingerprint density at radius 2 is 1.80 bits per heavy atom. The zero-order valence-electron chi connectivity index (χ0n) is 16.4. The second-order valence-corrected chi connectivity index (χ2v) is 8.83. The van der Waals surface area contributed by atoms with Crippen LogP contribution in [0.4, 0.5) is 18.9 Å². The van der Waals surface area contributed by atoms with E-state index < -0.39 is 21.8 Å². The predicted molar refractivity (Wildman–Crippen MR) is 111 cm³/mol. The van der Waals surface area contributed by atoms with Crippen LogP contribution in [0.25, 0.3) is 0 Å². The van der Waals surface area contributed by atoms with E-state index >= 15 is 0 Å². The van der Waals surface area contributed by atoms with E-state index in [9.17, 15) is 21.6 Å². The lowest BCUT2D eigenvalue weighted by Gasteiger charge is -2.20. The molecule has 1 heterocycles. The molecule has 0 amide bonds. The summed E-state index contributed by atoms with van der Waals surface area (Å²) in [5.41, 5.74) is 1.68. The Kier molecular flexibility index (Phi) is 6.55. The molecule has 0 fully saturated rings. The summed E-state index contributed by atoms with van der Waals surface area (Å²) in [5.74, 6) is 0.259. The normalized spacial score (nSPS) is 14.5. The Hall–Kier alpha value is -2.75. The molecule has 2 aromatic rings. The molecular formula is C20H23F3N4O2S. The molecule has 10 heteroatoms. The molecule has 1 aliphatic rings. The van der Waals surface area contributed by atoms with Gasteiger partial charge < -0.3 is 10.6 Å². The highest BCUT2D eigenvalue weighted by Crippen LogP contribution is 2.30. The van der Waals surface area contributed by atoms with E-state index in [-0.39, 0.29) is 18.8 Å². The van der Waals surface area contributed by atoms with Gasteiger partial charge in [-0.05, 0) is 35.7 Å². The monoisotopic (exact) mass is 440 g/mol. The van der Waals surface area contributed by atoms with Crippen molar-refractivity contribution in [1.82, 2.24) is 10.6 Å². The van der Waals surface area contributed by atoms with Gasteiger partial charge in [-0.2, -0.15) is 13.2 Å². The molecule has 162 valence electrons. The van der Waals surface area contributed by atoms with Crippen molar-refractivity contribution in [2.24, 2.45) is 4.99 Å². The van der Waals surface area contributed by atoms with Gasteiger partial charge in [-0.3, -0.25) is 9.30 Å². The molecule has 3 rings (SSSR count). The first kappa shape index (κ1) is 21.9. The van der Waals surface area contributed by atoms with Gasteiger partial charge >= 0.3 is 6.18 Å². The Labute approximate surface area is 173 Å². The van der Waals surface area contributed by atoms with Gasteiger partial charge in [0.25, 0.3) is 0 Å². The van der Waals surface area contributed by atoms with Crippen LogP contribution in [-0.4, -0.2) is 40.3 Å². The first-order chi connectivity index (χ1) is 14.2. The number of halogens is 3. The number of hydrogen-bond donors (Lipinski definition) is 2. The Morgan fingerprint density at radius 1 is 1.10 bits per heavy atom. The number of fused-ring (bicyclic) bond motifs is 1. The van der Waals surface area contributed by atoms with Crippen LogP contribution in [-0.2, 0) is 29.2 Å². The molecule has 1 aliphatic heterocycles. The van der Waals surface area contributed by atoms with Crippen molar-refractivity contribution in [3.8, 4) is 0 Å². The molecule has 0 spiro atoms. The third kappa shape index (κ3) is 5.24. The number of nitrogens with one attached hydrogen (secondary N) is 2. The van der Waals surface area contributed by atoms with Crippen molar-refractivity contribution in [1.29, 1.82) is 0 Å². The van der Waals surface area contributed by atoms with Gasteiger partial charge in [0.2, 0.25) is 10.0 Å². The van der Waals surface area contributed by atoms with Crippen LogP contribution in [0.1, 0.15) is 16.7 Å². The number of nitrogens with zero attached hydrogens (tertiary/aromatic N) is 2. The summed E-state index contributed by atoms with van der Waals surface area (Å²) >= 11 is 0. The van der Waals surface area contributed by atoms with Crippen LogP contribution in [0.3, 0.4) is 0 Å². The number of hydrogen-bond acceptors (Lipinski definition) is 3. The molecule has 0 aliphatic carbocycles. The van der Waals surface area contributed by atoms with Gasteiger partial charge in [-0.15, -0.1) is 0 Å². The number of guanidine groups is 1. The first-order valence-corrected chi connectivity index (χ1v) is 11.0. The van der Waals surface area contributed by atoms with E-state index in [2.05, 4.69) is 15.6 Å². The second kappa shape index (κ2) is 8.95. The van der Waals surface area contributed by atoms with E-state index in [1.54, 1.807) is 6.07 Å². The first-order valence-electron chi connectivity index (χ1n) is 9.40. The van der Waals surface area contributed by atoms with E-state index in [1.807, 2.05) is 18.2 Å². The van der Waals surface area contributed by atoms with E-state index in [0.717, 1.165) is 23.4 Å². The van der Waals surface area contributed by atoms with Gasteiger partial charge in [0.15, 0.2) is 5.96 Å². The number of alkyl halides is 3. The summed E-state index contributed by atoms with van der Waals surface area (Å²) in [7, 11) is -1.95. The maximum Gasteiger partial charge on any atom is 0.416 e. The second-order valence-electron chi connectivity index (χ2n) is 6.81. The number of rotatable bonds is 6. The van der Waals surface area contributed by atoms with E-state index in [1.165, 1.54) is 23.5 Å². The van der Waals surface area contributed by atoms with Crippen LogP contribution < -0.4 is 14.9 Å². The van der Waals surface area contributed by atoms with Gasteiger partial charge in [-0.1, -0.05) is 30.3 Å². The van der Waals surface area contributed by atoms with Crippen molar-refractivity contribution in [3.63, 3.8) is 0 Å². The van der Waals surface area contributed by atoms with Crippen LogP contribution >= 0.6 is 0 Å². The fourth-order valence-electron chi connectivity index (χ4n) is 3.22. The molecule has 30 heavy (non-hydrogen) atoms. The lowest BCUT2D eigenvalue weighted by Crippen LogP contribution is -2.41. The van der Waals surface area contributed by atoms with Gasteiger partial charge in [-0.25, -0.2) is 8.42 Å². The topological polar surface area (TPSA) is 73.8 Å². The highest BCUT2D eigenvalue weighted by Gasteiger charge is 2.30. The molecule has 0 radical (unpaired) electrons. The van der Waals surface area contributed by atoms with Crippen molar-refractivity contribution in [2.75, 3.05) is 30.2 Å². The van der Waals surface area contributed by atoms with E-state index in [0.29, 0.717) is 24.5 Å². The van der Waals surface area contributed by atoms with Crippen LogP contribution in [0.2, 0.25) is 0 Å². The highest BCUT2D eigenvalue weighted by atomic mass is 32.2. The number of anilines is 1. The lowest BCUT2D eigenvalue weighted by atomic mass is 10.1. The third-order valence-corrected chi connectivity index (χ3v) is 6.57. The van der Waals surface area contributed by atoms with Gasteiger partial charge in [0.05, 0.1) is 17.0 Å². The molecular weight excluding hydrogens is 417 g/mol. The largest absolute Gasteiger partial charge is 0.416 e. The average Bonchev–Trinajstić information content (AvgIpc) is 3.15. The minimum Gasteiger partial charge on any atom is -0.355 e. The summed E-state index contributed by atoms with van der Waals surface area (Å²) in [6.07, 6.45) is -3.68. The Bertz CT molecular complexity index is 1010. The minimum absolute atomic E-state index is 0.109. The van der Waals surface area contributed by atoms with Crippen molar-refractivity contribution < 1.29 is 21.6 Å². The molecule has 0 bridgehead atoms. The summed E-state index contributed by atoms with van der Waals surface area (Å²) in [6, 6.07) is 12.3. The number of benzene rings is 2. The van der Waals surface area contributed by atoms with Crippen LogP contribution in [0.5, 0.6) is 0 Å². The predicted octanol–water partition coefficient (Wildman–Crippen LogP) is 2.76. The number of para-hydroxylation sites is 1. The minimum atomic E-state index is -4.37. The smallest absolute Gasteiger partial charge is 0.355 e. The molecule has 0 atom stereocenters. The average molecular weight is 440 g/mol. The summed E-state index contributed by atoms with van der Waals surface area (Å²) in [6.45, 7) is 0.834. The van der Waals surface area contributed by atoms with E-state index in [4.69, 9.17) is 0 Å². The summed E-state index contributed by atoms with van der Waals surface area (Å²) < 4.78 is 64.7. The maximum absolute atomic E-state index is 12.7. The van der Waals surface area contributed by atoms with Gasteiger partial charge in [0.1, 0.15) is 0 Å². The molecule has 0 aromatic heterocycles. The fraction of sp³-hybridized carbons (Fsp3) is 0.350. The maximum atomic E-state index is 12.7. The van der Waals surface area contributed by atoms with Crippen LogP contribution in [0, 0.1) is 0 Å². The molecule has 2 N–H and O–H groups in total. The SMILES string of the molecule is CN=C(NCCS(=O)(=O)N1CCc2ccccc21)NCc1ccc(C(F)(F)F)cc1. The summed E-state index contributed by atoms with van der Waals surface area (Å²) in [5, 5.41) is 5.90. The molecule has 0 unspecified atom stereocenters. The molecule has 0 saturated carbocycles. The zero-order chi connectivity index (χ0) is 21.8. The summed E-state index contributed by atoms with van der Waals surface area (Å²) in [4.78, 5) is 4.02. The van der Waals surface area contributed by atoms with Crippen LogP contribution in [0.15, 0.2) is 53.5 Å². The zero-order valence-corrected chi connectivity index (χ0v) is 17.2. The Morgan fingerprint density at radius 3 is 2.47 bits per heavy atom. The number of aliphatic imine (C=N–C) groups is 1. The lowest BCUT2D eigenvalue weighted by molar-refractivity contribution is -0.137. The highest BCUT2D eigenvalue weighted by molar-refractivity contribution is 7.92. The standard InChI is InChI=1S/C20H23F3N4O2S/c1-24-19(26-14-15-6-8-17(9-7-15)20(21,22)23)25-11-13-30(28,29)27-12-10-16-4-2-3-5-18(16)27/h2-9H,10-14H2,1H3,(H2,24,25,26). The Balaban J connectivity index is 1.50. The van der Waals surface area contributed by atoms with Crippen molar-refractivity contribution in [3.05, 3.63) is 65.2 Å². The number of sulfonamides is 1. The molecule has 6 nitrogen and oxygen atoms in total. The third-order valence-electron chi connectivity index (χ3n) is 4.80. The molecule has 2 aromatic carbocycles. The van der Waals surface area contributed by atoms with Crippen molar-refractivity contribution in [2.45, 2.75) is 19.1 Å². The molecule has 0 saturated heterocycles. The van der Waals surface area contributed by atoms with Crippen molar-refractivity contribution >= 4 is 21.7 Å².